The molecule has 2 aliphatic rings. The molecule has 2 unspecified atom stereocenters. The van der Waals surface area contributed by atoms with Gasteiger partial charge in [-0.05, 0) is 37.6 Å². The molecule has 1 aromatic rings. The summed E-state index contributed by atoms with van der Waals surface area (Å²) in [6.45, 7) is 6.50. The van der Waals surface area contributed by atoms with Crippen LogP contribution in [0.15, 0.2) is 24.3 Å². The summed E-state index contributed by atoms with van der Waals surface area (Å²) in [5, 5.41) is 3.08. The Bertz CT molecular complexity index is 602. The van der Waals surface area contributed by atoms with Crippen molar-refractivity contribution in [2.45, 2.75) is 45.2 Å². The minimum Gasteiger partial charge on any atom is -0.353 e. The Balaban J connectivity index is 1.67. The lowest BCUT2D eigenvalue weighted by Crippen LogP contribution is -2.50. The molecule has 2 heterocycles. The van der Waals surface area contributed by atoms with Gasteiger partial charge in [-0.2, -0.15) is 0 Å². The van der Waals surface area contributed by atoms with Crippen molar-refractivity contribution >= 4 is 17.5 Å². The third-order valence-corrected chi connectivity index (χ3v) is 5.04. The van der Waals surface area contributed by atoms with Crippen LogP contribution in [0.25, 0.3) is 0 Å². The number of likely N-dealkylation sites (N-methyl/N-ethyl adjacent to an activating group) is 1. The first-order chi connectivity index (χ1) is 11.1. The van der Waals surface area contributed by atoms with Gasteiger partial charge in [-0.25, -0.2) is 0 Å². The highest BCUT2D eigenvalue weighted by Gasteiger charge is 2.37. The van der Waals surface area contributed by atoms with E-state index < -0.39 is 6.04 Å². The number of hydrogen-bond acceptors (Lipinski definition) is 3. The molecule has 0 spiro atoms. The molecule has 3 rings (SSSR count). The maximum Gasteiger partial charge on any atom is 0.243 e. The van der Waals surface area contributed by atoms with Crippen LogP contribution in [0.2, 0.25) is 0 Å². The van der Waals surface area contributed by atoms with Crippen LogP contribution >= 0.6 is 0 Å². The molecule has 0 saturated carbocycles. The molecule has 1 aromatic carbocycles. The number of benzene rings is 1. The molecule has 2 amide bonds. The molecular weight excluding hydrogens is 290 g/mol. The number of hydrogen-bond donors (Lipinski definition) is 1. The number of nitrogens with one attached hydrogen (secondary N) is 1. The van der Waals surface area contributed by atoms with E-state index in [1.807, 2.05) is 24.3 Å². The highest BCUT2D eigenvalue weighted by molar-refractivity contribution is 6.02. The maximum atomic E-state index is 12.7. The van der Waals surface area contributed by atoms with E-state index >= 15 is 0 Å². The summed E-state index contributed by atoms with van der Waals surface area (Å²) in [5.41, 5.74) is 1.94. The van der Waals surface area contributed by atoms with Gasteiger partial charge in [0, 0.05) is 31.6 Å². The first-order valence-electron chi connectivity index (χ1n) is 8.51. The third kappa shape index (κ3) is 3.11. The van der Waals surface area contributed by atoms with Crippen molar-refractivity contribution in [1.82, 2.24) is 10.2 Å². The van der Waals surface area contributed by atoms with E-state index in [1.54, 1.807) is 4.90 Å². The summed E-state index contributed by atoms with van der Waals surface area (Å²) in [6.07, 6.45) is 2.93. The second-order valence-corrected chi connectivity index (χ2v) is 6.41. The second-order valence-electron chi connectivity index (χ2n) is 6.41. The summed E-state index contributed by atoms with van der Waals surface area (Å²) in [5.74, 6) is -0.120. The molecule has 0 bridgehead atoms. The highest BCUT2D eigenvalue weighted by atomic mass is 16.2. The summed E-state index contributed by atoms with van der Waals surface area (Å²) in [4.78, 5) is 28.7. The molecule has 1 saturated heterocycles. The van der Waals surface area contributed by atoms with Crippen LogP contribution < -0.4 is 10.2 Å². The lowest BCUT2D eigenvalue weighted by Gasteiger charge is -2.26. The number of para-hydroxylation sites is 1. The normalized spacial score (nSPS) is 23.8. The van der Waals surface area contributed by atoms with Crippen LogP contribution in [0, 0.1) is 0 Å². The quantitative estimate of drug-likeness (QED) is 0.917. The van der Waals surface area contributed by atoms with Crippen LogP contribution in [0.1, 0.15) is 32.3 Å². The number of nitrogens with zero attached hydrogens (tertiary/aromatic N) is 2. The van der Waals surface area contributed by atoms with Crippen molar-refractivity contribution in [3.63, 3.8) is 0 Å². The maximum absolute atomic E-state index is 12.7. The molecule has 5 heteroatoms. The van der Waals surface area contributed by atoms with Gasteiger partial charge < -0.3 is 5.32 Å². The SMILES string of the molecule is CCN1CCCC1CNC(=O)C1Cc2ccccc2N1C(C)=O. The lowest BCUT2D eigenvalue weighted by atomic mass is 10.1. The molecule has 2 atom stereocenters. The fourth-order valence-corrected chi connectivity index (χ4v) is 3.86. The topological polar surface area (TPSA) is 52.7 Å². The summed E-state index contributed by atoms with van der Waals surface area (Å²) in [7, 11) is 0. The number of carbonyl (C=O) groups is 2. The number of fused-ring (bicyclic) bond motifs is 1. The van der Waals surface area contributed by atoms with E-state index in [0.29, 0.717) is 19.0 Å². The monoisotopic (exact) mass is 315 g/mol. The molecular formula is C18H25N3O2. The van der Waals surface area contributed by atoms with Crippen molar-refractivity contribution in [2.75, 3.05) is 24.5 Å². The van der Waals surface area contributed by atoms with Crippen molar-refractivity contribution in [2.24, 2.45) is 0 Å². The first kappa shape index (κ1) is 16.0. The van der Waals surface area contributed by atoms with Crippen molar-refractivity contribution in [3.8, 4) is 0 Å². The van der Waals surface area contributed by atoms with Gasteiger partial charge in [-0.1, -0.05) is 25.1 Å². The second kappa shape index (κ2) is 6.71. The largest absolute Gasteiger partial charge is 0.353 e. The van der Waals surface area contributed by atoms with Crippen molar-refractivity contribution in [3.05, 3.63) is 29.8 Å². The van der Waals surface area contributed by atoms with Crippen LogP contribution in [0.4, 0.5) is 5.69 Å². The first-order valence-corrected chi connectivity index (χ1v) is 8.51. The Hall–Kier alpha value is -1.88. The molecule has 0 aliphatic carbocycles. The van der Waals surface area contributed by atoms with Gasteiger partial charge in [0.2, 0.25) is 11.8 Å². The van der Waals surface area contributed by atoms with Gasteiger partial charge in [0.05, 0.1) is 0 Å². The minimum atomic E-state index is -0.415. The average molecular weight is 315 g/mol. The fraction of sp³-hybridized carbons (Fsp3) is 0.556. The minimum absolute atomic E-state index is 0.0423. The smallest absolute Gasteiger partial charge is 0.243 e. The number of rotatable bonds is 4. The Labute approximate surface area is 137 Å². The van der Waals surface area contributed by atoms with Gasteiger partial charge in [0.15, 0.2) is 0 Å². The van der Waals surface area contributed by atoms with Crippen LogP contribution in [0.5, 0.6) is 0 Å². The molecule has 124 valence electrons. The average Bonchev–Trinajstić information content (AvgIpc) is 3.16. The summed E-state index contributed by atoms with van der Waals surface area (Å²) < 4.78 is 0. The molecule has 5 nitrogen and oxygen atoms in total. The predicted molar refractivity (Wildman–Crippen MR) is 90.4 cm³/mol. The molecule has 0 aromatic heterocycles. The highest BCUT2D eigenvalue weighted by Crippen LogP contribution is 2.32. The van der Waals surface area contributed by atoms with E-state index in [2.05, 4.69) is 17.1 Å². The van der Waals surface area contributed by atoms with Crippen LogP contribution in [-0.4, -0.2) is 48.4 Å². The van der Waals surface area contributed by atoms with Gasteiger partial charge in [-0.15, -0.1) is 0 Å². The zero-order valence-corrected chi connectivity index (χ0v) is 13.9. The molecule has 1 fully saturated rings. The number of likely N-dealkylation sites (tertiary alicyclic amines) is 1. The van der Waals surface area contributed by atoms with Gasteiger partial charge in [-0.3, -0.25) is 19.4 Å². The standard InChI is InChI=1S/C18H25N3O2/c1-3-20-10-6-8-15(20)12-19-18(23)17-11-14-7-4-5-9-16(14)21(17)13(2)22/h4-5,7,9,15,17H,3,6,8,10-12H2,1-2H3,(H,19,23). The molecule has 2 aliphatic heterocycles. The summed E-state index contributed by atoms with van der Waals surface area (Å²) >= 11 is 0. The predicted octanol–water partition coefficient (Wildman–Crippen LogP) is 1.56. The Kier molecular flexibility index (Phi) is 4.66. The Morgan fingerprint density at radius 3 is 2.83 bits per heavy atom. The van der Waals surface area contributed by atoms with Crippen LogP contribution in [0.3, 0.4) is 0 Å². The van der Waals surface area contributed by atoms with Crippen molar-refractivity contribution in [1.29, 1.82) is 0 Å². The van der Waals surface area contributed by atoms with Crippen LogP contribution in [-0.2, 0) is 16.0 Å². The third-order valence-electron chi connectivity index (χ3n) is 5.04. The van der Waals surface area contributed by atoms with E-state index in [4.69, 9.17) is 0 Å². The number of anilines is 1. The Morgan fingerprint density at radius 1 is 1.30 bits per heavy atom. The van der Waals surface area contributed by atoms with Gasteiger partial charge in [0.25, 0.3) is 0 Å². The van der Waals surface area contributed by atoms with Gasteiger partial charge >= 0.3 is 0 Å². The van der Waals surface area contributed by atoms with E-state index in [1.165, 1.54) is 13.3 Å². The fourth-order valence-electron chi connectivity index (χ4n) is 3.86. The molecule has 1 N–H and O–H groups in total. The number of carbonyl (C=O) groups excluding carboxylic acids is 2. The Morgan fingerprint density at radius 2 is 2.09 bits per heavy atom. The molecule has 0 radical (unpaired) electrons. The van der Waals surface area contributed by atoms with E-state index in [0.717, 1.165) is 30.8 Å². The summed E-state index contributed by atoms with van der Waals surface area (Å²) in [6, 6.07) is 7.79. The molecule has 23 heavy (non-hydrogen) atoms. The lowest BCUT2D eigenvalue weighted by molar-refractivity contribution is -0.125. The van der Waals surface area contributed by atoms with Gasteiger partial charge in [0.1, 0.15) is 6.04 Å². The zero-order chi connectivity index (χ0) is 16.4. The van der Waals surface area contributed by atoms with E-state index in [9.17, 15) is 9.59 Å². The van der Waals surface area contributed by atoms with Crippen molar-refractivity contribution < 1.29 is 9.59 Å². The number of amides is 2. The zero-order valence-electron chi connectivity index (χ0n) is 13.9. The van der Waals surface area contributed by atoms with E-state index in [-0.39, 0.29) is 11.8 Å².